The van der Waals surface area contributed by atoms with Crippen molar-refractivity contribution in [3.8, 4) is 0 Å². The van der Waals surface area contributed by atoms with Gasteiger partial charge in [0.2, 0.25) is 0 Å². The van der Waals surface area contributed by atoms with Gasteiger partial charge in [0, 0.05) is 23.1 Å². The third kappa shape index (κ3) is 2.26. The first kappa shape index (κ1) is 11.2. The van der Waals surface area contributed by atoms with Crippen LogP contribution in [0.5, 0.6) is 0 Å². The van der Waals surface area contributed by atoms with Gasteiger partial charge in [0.15, 0.2) is 11.0 Å². The van der Waals surface area contributed by atoms with E-state index in [1.54, 1.807) is 12.4 Å². The van der Waals surface area contributed by atoms with E-state index in [0.717, 1.165) is 11.3 Å². The van der Waals surface area contributed by atoms with Crippen LogP contribution in [0.1, 0.15) is 5.56 Å². The number of hydrogen-bond donors (Lipinski definition) is 1. The molecule has 0 fully saturated rings. The molecule has 0 amide bonds. The molecule has 0 aliphatic carbocycles. The molecule has 0 saturated heterocycles. The van der Waals surface area contributed by atoms with Crippen LogP contribution in [0.4, 0.5) is 11.5 Å². The summed E-state index contributed by atoms with van der Waals surface area (Å²) in [7, 11) is 0. The summed E-state index contributed by atoms with van der Waals surface area (Å²) < 4.78 is 0. The molecule has 16 heavy (non-hydrogen) atoms. The van der Waals surface area contributed by atoms with E-state index in [2.05, 4.69) is 15.3 Å². The number of nitrogens with one attached hydrogen (secondary N) is 1. The van der Waals surface area contributed by atoms with Crippen LogP contribution >= 0.6 is 23.2 Å². The Hall–Kier alpha value is -1.32. The molecular formula is C11H9Cl2N3. The van der Waals surface area contributed by atoms with Crippen LogP contribution in [0.2, 0.25) is 10.2 Å². The molecule has 1 aromatic carbocycles. The Labute approximate surface area is 103 Å². The zero-order valence-corrected chi connectivity index (χ0v) is 10.0. The van der Waals surface area contributed by atoms with Crippen LogP contribution in [0.25, 0.3) is 0 Å². The van der Waals surface area contributed by atoms with Crippen LogP contribution in [0.3, 0.4) is 0 Å². The first-order valence-corrected chi connectivity index (χ1v) is 5.42. The van der Waals surface area contributed by atoms with Gasteiger partial charge in [-0.1, -0.05) is 29.3 Å². The molecule has 0 atom stereocenters. The molecule has 0 bridgehead atoms. The van der Waals surface area contributed by atoms with Crippen molar-refractivity contribution in [2.24, 2.45) is 0 Å². The number of benzene rings is 1. The van der Waals surface area contributed by atoms with Gasteiger partial charge in [-0.15, -0.1) is 0 Å². The summed E-state index contributed by atoms with van der Waals surface area (Å²) in [6, 6.07) is 5.61. The van der Waals surface area contributed by atoms with Crippen molar-refractivity contribution >= 4 is 34.7 Å². The van der Waals surface area contributed by atoms with E-state index in [4.69, 9.17) is 23.2 Å². The molecule has 5 heteroatoms. The highest BCUT2D eigenvalue weighted by molar-refractivity contribution is 6.32. The second kappa shape index (κ2) is 4.68. The van der Waals surface area contributed by atoms with Gasteiger partial charge in [-0.3, -0.25) is 0 Å². The molecule has 1 heterocycles. The fraction of sp³-hybridized carbons (Fsp3) is 0.0909. The summed E-state index contributed by atoms with van der Waals surface area (Å²) >= 11 is 11.9. The zero-order valence-electron chi connectivity index (χ0n) is 8.54. The number of anilines is 2. The van der Waals surface area contributed by atoms with Crippen molar-refractivity contribution in [3.05, 3.63) is 46.3 Å². The average Bonchev–Trinajstić information content (AvgIpc) is 2.28. The van der Waals surface area contributed by atoms with Crippen molar-refractivity contribution < 1.29 is 0 Å². The number of rotatable bonds is 2. The molecule has 2 rings (SSSR count). The fourth-order valence-electron chi connectivity index (χ4n) is 1.28. The quantitative estimate of drug-likeness (QED) is 0.884. The predicted molar refractivity (Wildman–Crippen MR) is 66.5 cm³/mol. The minimum atomic E-state index is 0.335. The molecule has 1 N–H and O–H groups in total. The first-order valence-electron chi connectivity index (χ1n) is 4.67. The number of halogens is 2. The molecule has 0 aliphatic heterocycles. The lowest BCUT2D eigenvalue weighted by molar-refractivity contribution is 1.19. The highest BCUT2D eigenvalue weighted by atomic mass is 35.5. The molecule has 2 aromatic rings. The van der Waals surface area contributed by atoms with E-state index < -0.39 is 0 Å². The van der Waals surface area contributed by atoms with E-state index in [0.29, 0.717) is 16.0 Å². The maximum atomic E-state index is 6.01. The second-order valence-corrected chi connectivity index (χ2v) is 4.00. The Morgan fingerprint density at radius 2 is 1.88 bits per heavy atom. The third-order valence-electron chi connectivity index (χ3n) is 2.17. The lowest BCUT2D eigenvalue weighted by atomic mass is 10.2. The molecule has 1 aromatic heterocycles. The summed E-state index contributed by atoms with van der Waals surface area (Å²) in [6.07, 6.45) is 3.12. The third-order valence-corrected chi connectivity index (χ3v) is 2.86. The predicted octanol–water partition coefficient (Wildman–Crippen LogP) is 3.84. The largest absolute Gasteiger partial charge is 0.337 e. The SMILES string of the molecule is Cc1c(Cl)cccc1Nc1nccnc1Cl. The molecule has 82 valence electrons. The Kier molecular flexibility index (Phi) is 3.27. The summed E-state index contributed by atoms with van der Waals surface area (Å²) in [6.45, 7) is 1.93. The topological polar surface area (TPSA) is 37.8 Å². The Balaban J connectivity index is 2.35. The van der Waals surface area contributed by atoms with E-state index in [1.807, 2.05) is 25.1 Å². The maximum Gasteiger partial charge on any atom is 0.171 e. The minimum Gasteiger partial charge on any atom is -0.337 e. The number of aromatic nitrogens is 2. The number of nitrogens with zero attached hydrogens (tertiary/aromatic N) is 2. The van der Waals surface area contributed by atoms with E-state index >= 15 is 0 Å². The van der Waals surface area contributed by atoms with Crippen molar-refractivity contribution in [1.82, 2.24) is 9.97 Å². The zero-order chi connectivity index (χ0) is 11.5. The minimum absolute atomic E-state index is 0.335. The van der Waals surface area contributed by atoms with E-state index in [1.165, 1.54) is 0 Å². The summed E-state index contributed by atoms with van der Waals surface area (Å²) in [5, 5.41) is 4.13. The van der Waals surface area contributed by atoms with Crippen LogP contribution in [-0.4, -0.2) is 9.97 Å². The molecule has 0 spiro atoms. The van der Waals surface area contributed by atoms with Crippen LogP contribution < -0.4 is 5.32 Å². The smallest absolute Gasteiger partial charge is 0.171 e. The maximum absolute atomic E-state index is 6.01. The lowest BCUT2D eigenvalue weighted by Crippen LogP contribution is -1.97. The molecule has 0 saturated carbocycles. The van der Waals surface area contributed by atoms with Crippen molar-refractivity contribution in [1.29, 1.82) is 0 Å². The van der Waals surface area contributed by atoms with Crippen LogP contribution in [0.15, 0.2) is 30.6 Å². The lowest BCUT2D eigenvalue weighted by Gasteiger charge is -2.10. The van der Waals surface area contributed by atoms with Gasteiger partial charge in [-0.25, -0.2) is 9.97 Å². The normalized spacial score (nSPS) is 10.2. The van der Waals surface area contributed by atoms with Crippen molar-refractivity contribution in [2.75, 3.05) is 5.32 Å². The number of hydrogen-bond acceptors (Lipinski definition) is 3. The van der Waals surface area contributed by atoms with Crippen LogP contribution in [0, 0.1) is 6.92 Å². The monoisotopic (exact) mass is 253 g/mol. The molecule has 0 aliphatic rings. The first-order chi connectivity index (χ1) is 7.68. The van der Waals surface area contributed by atoms with Crippen molar-refractivity contribution in [2.45, 2.75) is 6.92 Å². The van der Waals surface area contributed by atoms with Gasteiger partial charge in [-0.05, 0) is 24.6 Å². The summed E-state index contributed by atoms with van der Waals surface area (Å²) in [5.74, 6) is 0.523. The van der Waals surface area contributed by atoms with E-state index in [9.17, 15) is 0 Å². The highest BCUT2D eigenvalue weighted by Crippen LogP contribution is 2.27. The van der Waals surface area contributed by atoms with Gasteiger partial charge in [-0.2, -0.15) is 0 Å². The van der Waals surface area contributed by atoms with Gasteiger partial charge >= 0.3 is 0 Å². The highest BCUT2D eigenvalue weighted by Gasteiger charge is 2.06. The Morgan fingerprint density at radius 1 is 1.12 bits per heavy atom. The van der Waals surface area contributed by atoms with E-state index in [-0.39, 0.29) is 0 Å². The van der Waals surface area contributed by atoms with Gasteiger partial charge in [0.25, 0.3) is 0 Å². The van der Waals surface area contributed by atoms with Crippen LogP contribution in [-0.2, 0) is 0 Å². The van der Waals surface area contributed by atoms with Crippen molar-refractivity contribution in [3.63, 3.8) is 0 Å². The summed E-state index contributed by atoms with van der Waals surface area (Å²) in [5.41, 5.74) is 1.82. The molecule has 0 radical (unpaired) electrons. The molecular weight excluding hydrogens is 245 g/mol. The standard InChI is InChI=1S/C11H9Cl2N3/c1-7-8(12)3-2-4-9(7)16-11-10(13)14-5-6-15-11/h2-6H,1H3,(H,15,16). The fourth-order valence-corrected chi connectivity index (χ4v) is 1.60. The Morgan fingerprint density at radius 3 is 2.62 bits per heavy atom. The molecule has 0 unspecified atom stereocenters. The van der Waals surface area contributed by atoms with Gasteiger partial charge in [0.1, 0.15) is 0 Å². The molecule has 3 nitrogen and oxygen atoms in total. The average molecular weight is 254 g/mol. The second-order valence-electron chi connectivity index (χ2n) is 3.23. The van der Waals surface area contributed by atoms with Gasteiger partial charge < -0.3 is 5.32 Å². The van der Waals surface area contributed by atoms with Gasteiger partial charge in [0.05, 0.1) is 0 Å². The summed E-state index contributed by atoms with van der Waals surface area (Å²) in [4.78, 5) is 8.03. The Bertz CT molecular complexity index is 514.